The van der Waals surface area contributed by atoms with Crippen molar-refractivity contribution in [2.45, 2.75) is 44.8 Å². The van der Waals surface area contributed by atoms with E-state index in [1.54, 1.807) is 35.5 Å². The van der Waals surface area contributed by atoms with E-state index in [1.807, 2.05) is 31.2 Å². The highest BCUT2D eigenvalue weighted by molar-refractivity contribution is 9.10. The van der Waals surface area contributed by atoms with Gasteiger partial charge in [0.05, 0.1) is 12.2 Å². The Morgan fingerprint density at radius 3 is 2.57 bits per heavy atom. The van der Waals surface area contributed by atoms with Crippen LogP contribution in [0.2, 0.25) is 0 Å². The summed E-state index contributed by atoms with van der Waals surface area (Å²) in [7, 11) is 0. The number of benzene rings is 1. The average Bonchev–Trinajstić information content (AvgIpc) is 3.53. The van der Waals surface area contributed by atoms with Crippen molar-refractivity contribution in [3.8, 4) is 5.82 Å². The van der Waals surface area contributed by atoms with E-state index >= 15 is 0 Å². The minimum atomic E-state index is -0.849. The lowest BCUT2D eigenvalue weighted by molar-refractivity contribution is -0.141. The van der Waals surface area contributed by atoms with Gasteiger partial charge in [-0.05, 0) is 53.4 Å². The average molecular weight is 540 g/mol. The van der Waals surface area contributed by atoms with Crippen LogP contribution in [0.4, 0.5) is 0 Å². The van der Waals surface area contributed by atoms with Crippen LogP contribution in [0.15, 0.2) is 59.3 Å². The second kappa shape index (κ2) is 10.8. The lowest BCUT2D eigenvalue weighted by atomic mass is 10.0. The van der Waals surface area contributed by atoms with E-state index in [0.717, 1.165) is 4.47 Å². The van der Waals surface area contributed by atoms with E-state index in [0.29, 0.717) is 36.5 Å². The zero-order valence-corrected chi connectivity index (χ0v) is 21.0. The Bertz CT molecular complexity index is 1200. The third kappa shape index (κ3) is 5.73. The largest absolute Gasteiger partial charge is 0.346 e. The number of halogens is 1. The molecule has 2 N–H and O–H groups in total. The summed E-state index contributed by atoms with van der Waals surface area (Å²) in [5.74, 6) is -0.286. The molecule has 0 bridgehead atoms. The Hall–Kier alpha value is -3.60. The maximum Gasteiger partial charge on any atom is 0.250 e. The Morgan fingerprint density at radius 2 is 1.89 bits per heavy atom. The van der Waals surface area contributed by atoms with Gasteiger partial charge in [0, 0.05) is 24.1 Å². The van der Waals surface area contributed by atoms with Crippen molar-refractivity contribution >= 4 is 33.7 Å². The molecule has 1 aromatic carbocycles. The fraction of sp³-hybridized carbons (Fsp3) is 0.333. The van der Waals surface area contributed by atoms with Crippen LogP contribution in [0.25, 0.3) is 5.82 Å². The lowest BCUT2D eigenvalue weighted by Gasteiger charge is -2.29. The first-order valence-corrected chi connectivity index (χ1v) is 12.1. The van der Waals surface area contributed by atoms with Crippen LogP contribution in [0.3, 0.4) is 0 Å². The molecule has 10 nitrogen and oxygen atoms in total. The van der Waals surface area contributed by atoms with Gasteiger partial charge in [-0.2, -0.15) is 0 Å². The number of hydrogen-bond acceptors (Lipinski definition) is 6. The standard InChI is InChI=1S/C24H26BrN7O3/c1-15(19-14-32(30-29-19)21-11-10-18(25)13-26-21)27-23(34)20-9-6-12-31(20)24(35)22(28-16(2)33)17-7-4-3-5-8-17/h3-5,7-8,10-11,13-15,20,22H,6,9,12H2,1-2H3,(H,27,34)(H,28,33). The van der Waals surface area contributed by atoms with Gasteiger partial charge in [0.2, 0.25) is 17.7 Å². The fourth-order valence-corrected chi connectivity index (χ4v) is 4.31. The molecule has 4 rings (SSSR count). The molecule has 2 aromatic heterocycles. The first kappa shape index (κ1) is 24.5. The minimum Gasteiger partial charge on any atom is -0.346 e. The molecule has 0 aliphatic carbocycles. The molecule has 1 fully saturated rings. The zero-order valence-electron chi connectivity index (χ0n) is 19.4. The maximum absolute atomic E-state index is 13.4. The molecule has 35 heavy (non-hydrogen) atoms. The van der Waals surface area contributed by atoms with E-state index < -0.39 is 18.1 Å². The van der Waals surface area contributed by atoms with Gasteiger partial charge < -0.3 is 15.5 Å². The van der Waals surface area contributed by atoms with Gasteiger partial charge in [0.1, 0.15) is 17.8 Å². The van der Waals surface area contributed by atoms with Crippen molar-refractivity contribution in [1.82, 2.24) is 35.5 Å². The number of amides is 3. The minimum absolute atomic E-state index is 0.269. The van der Waals surface area contributed by atoms with Crippen LogP contribution in [0.5, 0.6) is 0 Å². The molecular formula is C24H26BrN7O3. The molecule has 0 spiro atoms. The summed E-state index contributed by atoms with van der Waals surface area (Å²) in [5.41, 5.74) is 1.24. The number of nitrogens with zero attached hydrogens (tertiary/aromatic N) is 5. The second-order valence-corrected chi connectivity index (χ2v) is 9.30. The third-order valence-corrected chi connectivity index (χ3v) is 6.30. The van der Waals surface area contributed by atoms with Gasteiger partial charge in [0.15, 0.2) is 5.82 Å². The van der Waals surface area contributed by atoms with Crippen molar-refractivity contribution in [2.75, 3.05) is 6.54 Å². The molecule has 0 saturated carbocycles. The number of carbonyl (C=O) groups excluding carboxylic acids is 3. The van der Waals surface area contributed by atoms with Crippen LogP contribution in [-0.2, 0) is 14.4 Å². The van der Waals surface area contributed by atoms with Crippen LogP contribution in [0, 0.1) is 0 Å². The molecule has 182 valence electrons. The summed E-state index contributed by atoms with van der Waals surface area (Å²) < 4.78 is 2.39. The predicted molar refractivity (Wildman–Crippen MR) is 131 cm³/mol. The summed E-state index contributed by atoms with van der Waals surface area (Å²) >= 11 is 3.35. The summed E-state index contributed by atoms with van der Waals surface area (Å²) in [4.78, 5) is 44.3. The number of carbonyl (C=O) groups is 3. The monoisotopic (exact) mass is 539 g/mol. The molecule has 3 heterocycles. The Balaban J connectivity index is 1.45. The number of rotatable bonds is 7. The summed E-state index contributed by atoms with van der Waals surface area (Å²) in [6.07, 6.45) is 4.62. The van der Waals surface area contributed by atoms with Crippen LogP contribution in [0.1, 0.15) is 50.0 Å². The molecule has 1 saturated heterocycles. The SMILES string of the molecule is CC(=O)NC(C(=O)N1CCCC1C(=O)NC(C)c1cn(-c2ccc(Br)cn2)nn1)c1ccccc1. The highest BCUT2D eigenvalue weighted by Crippen LogP contribution is 2.25. The molecule has 0 radical (unpaired) electrons. The predicted octanol–water partition coefficient (Wildman–Crippen LogP) is 2.47. The maximum atomic E-state index is 13.4. The van der Waals surface area contributed by atoms with E-state index in [2.05, 4.69) is 41.9 Å². The van der Waals surface area contributed by atoms with Crippen molar-refractivity contribution in [3.63, 3.8) is 0 Å². The van der Waals surface area contributed by atoms with Crippen LogP contribution >= 0.6 is 15.9 Å². The number of aromatic nitrogens is 4. The summed E-state index contributed by atoms with van der Waals surface area (Å²) in [5, 5.41) is 14.0. The first-order chi connectivity index (χ1) is 16.8. The van der Waals surface area contributed by atoms with Gasteiger partial charge in [-0.25, -0.2) is 9.67 Å². The molecule has 1 aliphatic heterocycles. The van der Waals surface area contributed by atoms with Gasteiger partial charge in [-0.3, -0.25) is 14.4 Å². The van der Waals surface area contributed by atoms with Crippen molar-refractivity contribution in [3.05, 3.63) is 70.6 Å². The van der Waals surface area contributed by atoms with Gasteiger partial charge in [-0.1, -0.05) is 35.5 Å². The van der Waals surface area contributed by atoms with Crippen molar-refractivity contribution in [2.24, 2.45) is 0 Å². The highest BCUT2D eigenvalue weighted by Gasteiger charge is 2.38. The lowest BCUT2D eigenvalue weighted by Crippen LogP contribution is -2.50. The zero-order chi connectivity index (χ0) is 24.9. The molecule has 3 unspecified atom stereocenters. The third-order valence-electron chi connectivity index (χ3n) is 5.83. The van der Waals surface area contributed by atoms with Gasteiger partial charge in [-0.15, -0.1) is 5.10 Å². The van der Waals surface area contributed by atoms with Crippen molar-refractivity contribution in [1.29, 1.82) is 0 Å². The molecule has 1 aliphatic rings. The van der Waals surface area contributed by atoms with Gasteiger partial charge >= 0.3 is 0 Å². The first-order valence-electron chi connectivity index (χ1n) is 11.3. The van der Waals surface area contributed by atoms with Crippen LogP contribution < -0.4 is 10.6 Å². The van der Waals surface area contributed by atoms with E-state index in [9.17, 15) is 14.4 Å². The smallest absolute Gasteiger partial charge is 0.250 e. The Labute approximate surface area is 211 Å². The molecular weight excluding hydrogens is 514 g/mol. The number of pyridine rings is 1. The summed E-state index contributed by atoms with van der Waals surface area (Å²) in [6, 6.07) is 10.8. The summed E-state index contributed by atoms with van der Waals surface area (Å²) in [6.45, 7) is 3.63. The molecule has 11 heteroatoms. The second-order valence-electron chi connectivity index (χ2n) is 8.39. The van der Waals surface area contributed by atoms with Crippen LogP contribution in [-0.4, -0.2) is 55.2 Å². The quantitative estimate of drug-likeness (QED) is 0.475. The van der Waals surface area contributed by atoms with E-state index in [4.69, 9.17) is 0 Å². The van der Waals surface area contributed by atoms with E-state index in [1.165, 1.54) is 11.6 Å². The topological polar surface area (TPSA) is 122 Å². The number of hydrogen-bond donors (Lipinski definition) is 2. The number of likely N-dealkylation sites (tertiary alicyclic amines) is 1. The fourth-order valence-electron chi connectivity index (χ4n) is 4.08. The Morgan fingerprint density at radius 1 is 1.11 bits per heavy atom. The normalized spacial score (nSPS) is 17.0. The van der Waals surface area contributed by atoms with E-state index in [-0.39, 0.29) is 17.7 Å². The Kier molecular flexibility index (Phi) is 7.54. The number of nitrogens with one attached hydrogen (secondary N) is 2. The molecule has 3 aromatic rings. The highest BCUT2D eigenvalue weighted by atomic mass is 79.9. The molecule has 3 atom stereocenters. The van der Waals surface area contributed by atoms with Crippen molar-refractivity contribution < 1.29 is 14.4 Å². The molecule has 3 amide bonds. The van der Waals surface area contributed by atoms with Gasteiger partial charge in [0.25, 0.3) is 0 Å².